The molecule has 0 unspecified atom stereocenters. The SMILES string of the molecule is CCCCCCCCC(=O)N(C)c1cccc(C#N)c1. The van der Waals surface area contributed by atoms with Gasteiger partial charge in [-0.3, -0.25) is 4.79 Å². The van der Waals surface area contributed by atoms with E-state index in [1.54, 1.807) is 24.1 Å². The minimum absolute atomic E-state index is 0.121. The summed E-state index contributed by atoms with van der Waals surface area (Å²) in [6.07, 6.45) is 7.67. The Morgan fingerprint density at radius 1 is 1.20 bits per heavy atom. The molecule has 0 saturated carbocycles. The number of nitrogens with zero attached hydrogens (tertiary/aromatic N) is 2. The Morgan fingerprint density at radius 2 is 1.90 bits per heavy atom. The van der Waals surface area contributed by atoms with E-state index in [1.807, 2.05) is 12.1 Å². The predicted octanol–water partition coefficient (Wildman–Crippen LogP) is 4.27. The van der Waals surface area contributed by atoms with Crippen molar-refractivity contribution in [2.75, 3.05) is 11.9 Å². The van der Waals surface area contributed by atoms with Crippen LogP contribution in [0.1, 0.15) is 57.4 Å². The third-order valence-electron chi connectivity index (χ3n) is 3.48. The van der Waals surface area contributed by atoms with E-state index >= 15 is 0 Å². The van der Waals surface area contributed by atoms with Gasteiger partial charge >= 0.3 is 0 Å². The Labute approximate surface area is 122 Å². The van der Waals surface area contributed by atoms with Crippen molar-refractivity contribution < 1.29 is 4.79 Å². The summed E-state index contributed by atoms with van der Waals surface area (Å²) in [4.78, 5) is 13.7. The number of carbonyl (C=O) groups excluding carboxylic acids is 1. The summed E-state index contributed by atoms with van der Waals surface area (Å²) in [5, 5.41) is 8.87. The third kappa shape index (κ3) is 5.44. The van der Waals surface area contributed by atoms with Crippen LogP contribution in [0.4, 0.5) is 5.69 Å². The maximum atomic E-state index is 12.1. The fraction of sp³-hybridized carbons (Fsp3) is 0.529. The van der Waals surface area contributed by atoms with Gasteiger partial charge in [0.25, 0.3) is 0 Å². The van der Waals surface area contributed by atoms with Gasteiger partial charge in [0.1, 0.15) is 0 Å². The normalized spacial score (nSPS) is 10.1. The summed E-state index contributed by atoms with van der Waals surface area (Å²) in [5.74, 6) is 0.121. The van der Waals surface area contributed by atoms with Gasteiger partial charge in [0.15, 0.2) is 0 Å². The molecule has 0 saturated heterocycles. The minimum atomic E-state index is 0.121. The van der Waals surface area contributed by atoms with E-state index in [0.29, 0.717) is 12.0 Å². The fourth-order valence-electron chi connectivity index (χ4n) is 2.15. The highest BCUT2D eigenvalue weighted by atomic mass is 16.2. The van der Waals surface area contributed by atoms with Gasteiger partial charge in [-0.15, -0.1) is 0 Å². The zero-order valence-electron chi connectivity index (χ0n) is 12.6. The topological polar surface area (TPSA) is 44.1 Å². The first-order chi connectivity index (χ1) is 9.69. The second-order valence-electron chi connectivity index (χ2n) is 5.13. The summed E-state index contributed by atoms with van der Waals surface area (Å²) < 4.78 is 0. The molecule has 0 radical (unpaired) electrons. The number of hydrogen-bond acceptors (Lipinski definition) is 2. The van der Waals surface area contributed by atoms with Gasteiger partial charge in [0.2, 0.25) is 5.91 Å². The van der Waals surface area contributed by atoms with Crippen LogP contribution in [0.15, 0.2) is 24.3 Å². The Bertz CT molecular complexity index is 462. The molecule has 0 aliphatic rings. The summed E-state index contributed by atoms with van der Waals surface area (Å²) in [5.41, 5.74) is 1.38. The van der Waals surface area contributed by atoms with Crippen molar-refractivity contribution in [2.24, 2.45) is 0 Å². The number of unbranched alkanes of at least 4 members (excludes halogenated alkanes) is 5. The van der Waals surface area contributed by atoms with E-state index < -0.39 is 0 Å². The van der Waals surface area contributed by atoms with Crippen LogP contribution in [0.25, 0.3) is 0 Å². The number of benzene rings is 1. The van der Waals surface area contributed by atoms with Crippen molar-refractivity contribution in [1.29, 1.82) is 5.26 Å². The third-order valence-corrected chi connectivity index (χ3v) is 3.48. The maximum absolute atomic E-state index is 12.1. The lowest BCUT2D eigenvalue weighted by Crippen LogP contribution is -2.25. The Balaban J connectivity index is 2.37. The number of hydrogen-bond donors (Lipinski definition) is 0. The monoisotopic (exact) mass is 272 g/mol. The average molecular weight is 272 g/mol. The molecule has 1 aromatic carbocycles. The molecule has 3 nitrogen and oxygen atoms in total. The van der Waals surface area contributed by atoms with Gasteiger partial charge in [0.05, 0.1) is 11.6 Å². The zero-order valence-corrected chi connectivity index (χ0v) is 12.6. The van der Waals surface area contributed by atoms with Gasteiger partial charge in [-0.25, -0.2) is 0 Å². The lowest BCUT2D eigenvalue weighted by atomic mass is 10.1. The Kier molecular flexibility index (Phi) is 7.42. The molecule has 0 bridgehead atoms. The molecule has 0 N–H and O–H groups in total. The molecule has 20 heavy (non-hydrogen) atoms. The molecule has 1 rings (SSSR count). The molecular weight excluding hydrogens is 248 g/mol. The minimum Gasteiger partial charge on any atom is -0.315 e. The first kappa shape index (κ1) is 16.2. The molecule has 0 heterocycles. The molecule has 108 valence electrons. The van der Waals surface area contributed by atoms with Crippen LogP contribution in [0, 0.1) is 11.3 Å². The van der Waals surface area contributed by atoms with Crippen molar-refractivity contribution in [3.63, 3.8) is 0 Å². The van der Waals surface area contributed by atoms with E-state index in [4.69, 9.17) is 5.26 Å². The van der Waals surface area contributed by atoms with Crippen LogP contribution < -0.4 is 4.90 Å². The van der Waals surface area contributed by atoms with E-state index in [-0.39, 0.29) is 5.91 Å². The number of carbonyl (C=O) groups is 1. The van der Waals surface area contributed by atoms with E-state index in [1.165, 1.54) is 25.7 Å². The lowest BCUT2D eigenvalue weighted by molar-refractivity contribution is -0.118. The highest BCUT2D eigenvalue weighted by Gasteiger charge is 2.10. The van der Waals surface area contributed by atoms with Crippen LogP contribution in [-0.2, 0) is 4.79 Å². The van der Waals surface area contributed by atoms with E-state index in [0.717, 1.165) is 18.5 Å². The van der Waals surface area contributed by atoms with Crippen LogP contribution in [0.3, 0.4) is 0 Å². The first-order valence-electron chi connectivity index (χ1n) is 7.45. The Morgan fingerprint density at radius 3 is 2.60 bits per heavy atom. The largest absolute Gasteiger partial charge is 0.315 e. The number of amides is 1. The van der Waals surface area contributed by atoms with Crippen molar-refractivity contribution >= 4 is 11.6 Å². The smallest absolute Gasteiger partial charge is 0.226 e. The predicted molar refractivity (Wildman–Crippen MR) is 82.6 cm³/mol. The summed E-state index contributed by atoms with van der Waals surface area (Å²) in [6, 6.07) is 9.26. The molecule has 0 aliphatic heterocycles. The van der Waals surface area contributed by atoms with Gasteiger partial charge in [-0.2, -0.15) is 5.26 Å². The van der Waals surface area contributed by atoms with Gasteiger partial charge in [0, 0.05) is 19.2 Å². The summed E-state index contributed by atoms with van der Waals surface area (Å²) in [7, 11) is 1.77. The molecule has 0 aliphatic carbocycles. The van der Waals surface area contributed by atoms with Gasteiger partial charge in [-0.05, 0) is 24.6 Å². The Hall–Kier alpha value is -1.82. The highest BCUT2D eigenvalue weighted by molar-refractivity contribution is 5.92. The molecule has 3 heteroatoms. The quantitative estimate of drug-likeness (QED) is 0.663. The van der Waals surface area contributed by atoms with Crippen LogP contribution in [-0.4, -0.2) is 13.0 Å². The lowest BCUT2D eigenvalue weighted by Gasteiger charge is -2.17. The molecule has 1 amide bonds. The van der Waals surface area contributed by atoms with E-state index in [9.17, 15) is 4.79 Å². The second kappa shape index (κ2) is 9.14. The summed E-state index contributed by atoms with van der Waals surface area (Å²) >= 11 is 0. The molecule has 0 aromatic heterocycles. The van der Waals surface area contributed by atoms with Crippen molar-refractivity contribution in [2.45, 2.75) is 51.9 Å². The van der Waals surface area contributed by atoms with Crippen LogP contribution in [0.5, 0.6) is 0 Å². The molecule has 1 aromatic rings. The standard InChI is InChI=1S/C17H24N2O/c1-3-4-5-6-7-8-12-17(20)19(2)16-11-9-10-15(13-16)14-18/h9-11,13H,3-8,12H2,1-2H3. The molecular formula is C17H24N2O. The first-order valence-corrected chi connectivity index (χ1v) is 7.45. The van der Waals surface area contributed by atoms with Crippen molar-refractivity contribution in [3.8, 4) is 6.07 Å². The van der Waals surface area contributed by atoms with Crippen LogP contribution >= 0.6 is 0 Å². The van der Waals surface area contributed by atoms with Gasteiger partial charge < -0.3 is 4.90 Å². The van der Waals surface area contributed by atoms with Gasteiger partial charge in [-0.1, -0.05) is 45.1 Å². The van der Waals surface area contributed by atoms with E-state index in [2.05, 4.69) is 13.0 Å². The second-order valence-corrected chi connectivity index (χ2v) is 5.13. The highest BCUT2D eigenvalue weighted by Crippen LogP contribution is 2.16. The van der Waals surface area contributed by atoms with Crippen molar-refractivity contribution in [3.05, 3.63) is 29.8 Å². The maximum Gasteiger partial charge on any atom is 0.226 e. The zero-order chi connectivity index (χ0) is 14.8. The van der Waals surface area contributed by atoms with Crippen LogP contribution in [0.2, 0.25) is 0 Å². The number of anilines is 1. The molecule has 0 fully saturated rings. The number of rotatable bonds is 8. The number of nitriles is 1. The van der Waals surface area contributed by atoms with Crippen molar-refractivity contribution in [1.82, 2.24) is 0 Å². The fourth-order valence-corrected chi connectivity index (χ4v) is 2.15. The summed E-state index contributed by atoms with van der Waals surface area (Å²) in [6.45, 7) is 2.20. The molecule has 0 spiro atoms. The molecule has 0 atom stereocenters. The average Bonchev–Trinajstić information content (AvgIpc) is 2.49.